The van der Waals surface area contributed by atoms with E-state index in [2.05, 4.69) is 5.32 Å². The van der Waals surface area contributed by atoms with Crippen molar-refractivity contribution >= 4 is 17.8 Å². The highest BCUT2D eigenvalue weighted by atomic mass is 16.7. The van der Waals surface area contributed by atoms with Crippen LogP contribution in [0.3, 0.4) is 0 Å². The lowest BCUT2D eigenvalue weighted by Gasteiger charge is -2.22. The van der Waals surface area contributed by atoms with Crippen LogP contribution >= 0.6 is 0 Å². The van der Waals surface area contributed by atoms with E-state index in [1.807, 2.05) is 13.0 Å². The SMILES string of the molecule is COCOc1cc(OC)cc2c1C(=O)NC(C)C/C=C\C(=O)C(OC)[C@@H](OC)CC=C2. The highest BCUT2D eigenvalue weighted by Crippen LogP contribution is 2.31. The third kappa shape index (κ3) is 6.65. The maximum atomic E-state index is 13.1. The maximum absolute atomic E-state index is 13.1. The number of rotatable bonds is 6. The van der Waals surface area contributed by atoms with Crippen LogP contribution in [0.25, 0.3) is 6.08 Å². The molecule has 0 aromatic heterocycles. The maximum Gasteiger partial charge on any atom is 0.255 e. The number of nitrogens with one attached hydrogen (secondary N) is 1. The van der Waals surface area contributed by atoms with Crippen LogP contribution in [-0.2, 0) is 19.0 Å². The average molecular weight is 434 g/mol. The van der Waals surface area contributed by atoms with Crippen LogP contribution in [-0.4, -0.2) is 65.2 Å². The lowest BCUT2D eigenvalue weighted by Crippen LogP contribution is -2.36. The molecule has 1 aliphatic heterocycles. The van der Waals surface area contributed by atoms with Gasteiger partial charge in [-0.1, -0.05) is 18.2 Å². The normalized spacial score (nSPS) is 23.5. The van der Waals surface area contributed by atoms with Gasteiger partial charge in [0, 0.05) is 33.4 Å². The van der Waals surface area contributed by atoms with Crippen molar-refractivity contribution in [3.8, 4) is 11.5 Å². The second-order valence-electron chi connectivity index (χ2n) is 7.12. The van der Waals surface area contributed by atoms with Gasteiger partial charge in [0.1, 0.15) is 17.6 Å². The van der Waals surface area contributed by atoms with Gasteiger partial charge in [-0.3, -0.25) is 9.59 Å². The summed E-state index contributed by atoms with van der Waals surface area (Å²) in [5, 5.41) is 2.95. The number of methoxy groups -OCH3 is 4. The zero-order valence-electron chi connectivity index (χ0n) is 18.7. The molecule has 0 radical (unpaired) electrons. The van der Waals surface area contributed by atoms with Gasteiger partial charge in [-0.05, 0) is 37.5 Å². The Kier molecular flexibility index (Phi) is 9.71. The van der Waals surface area contributed by atoms with Crippen molar-refractivity contribution in [2.75, 3.05) is 35.2 Å². The first-order valence-electron chi connectivity index (χ1n) is 10.0. The summed E-state index contributed by atoms with van der Waals surface area (Å²) in [6.45, 7) is 1.84. The van der Waals surface area contributed by atoms with Crippen LogP contribution in [0.15, 0.2) is 30.4 Å². The summed E-state index contributed by atoms with van der Waals surface area (Å²) in [5.74, 6) is 0.403. The molecule has 0 saturated carbocycles. The number of hydrogen-bond donors (Lipinski definition) is 1. The largest absolute Gasteiger partial charge is 0.497 e. The molecule has 0 saturated heterocycles. The topological polar surface area (TPSA) is 92.3 Å². The van der Waals surface area contributed by atoms with Gasteiger partial charge in [-0.15, -0.1) is 0 Å². The Hall–Kier alpha value is -2.68. The zero-order valence-corrected chi connectivity index (χ0v) is 18.7. The van der Waals surface area contributed by atoms with Gasteiger partial charge in [0.05, 0.1) is 18.8 Å². The Morgan fingerprint density at radius 2 is 1.74 bits per heavy atom. The molecule has 1 aliphatic rings. The minimum absolute atomic E-state index is 0.0156. The molecule has 31 heavy (non-hydrogen) atoms. The summed E-state index contributed by atoms with van der Waals surface area (Å²) in [5.41, 5.74) is 0.980. The molecule has 1 aromatic rings. The molecule has 0 bridgehead atoms. The first-order valence-corrected chi connectivity index (χ1v) is 10.0. The summed E-state index contributed by atoms with van der Waals surface area (Å²) in [6.07, 6.45) is 6.48. The van der Waals surface area contributed by atoms with Gasteiger partial charge in [-0.2, -0.15) is 0 Å². The highest BCUT2D eigenvalue weighted by molar-refractivity contribution is 6.01. The summed E-state index contributed by atoms with van der Waals surface area (Å²) >= 11 is 0. The molecule has 0 spiro atoms. The van der Waals surface area contributed by atoms with Crippen LogP contribution < -0.4 is 14.8 Å². The number of fused-ring (bicyclic) bond motifs is 1. The lowest BCUT2D eigenvalue weighted by molar-refractivity contribution is -0.132. The van der Waals surface area contributed by atoms with Gasteiger partial charge in [0.15, 0.2) is 12.6 Å². The number of carbonyl (C=O) groups is 2. The first kappa shape index (κ1) is 24.6. The van der Waals surface area contributed by atoms with Crippen molar-refractivity contribution in [2.24, 2.45) is 0 Å². The van der Waals surface area contributed by atoms with Crippen molar-refractivity contribution in [1.29, 1.82) is 0 Å². The van der Waals surface area contributed by atoms with Gasteiger partial charge < -0.3 is 29.0 Å². The molecule has 1 aromatic carbocycles. The number of hydrogen-bond acceptors (Lipinski definition) is 7. The number of amides is 1. The molecular formula is C23H31NO7. The predicted octanol–water partition coefficient (Wildman–Crippen LogP) is 2.76. The number of benzene rings is 1. The van der Waals surface area contributed by atoms with E-state index in [0.717, 1.165) is 0 Å². The van der Waals surface area contributed by atoms with Crippen molar-refractivity contribution in [2.45, 2.75) is 38.0 Å². The molecule has 1 amide bonds. The van der Waals surface area contributed by atoms with Crippen LogP contribution in [0.2, 0.25) is 0 Å². The van der Waals surface area contributed by atoms with E-state index in [9.17, 15) is 9.59 Å². The Bertz CT molecular complexity index is 818. The Balaban J connectivity index is 2.54. The van der Waals surface area contributed by atoms with E-state index < -0.39 is 12.2 Å². The summed E-state index contributed by atoms with van der Waals surface area (Å²) < 4.78 is 26.9. The number of carbonyl (C=O) groups excluding carboxylic acids is 2. The smallest absolute Gasteiger partial charge is 0.255 e. The molecule has 1 heterocycles. The van der Waals surface area contributed by atoms with Gasteiger partial charge in [0.2, 0.25) is 0 Å². The quantitative estimate of drug-likeness (QED) is 0.690. The fourth-order valence-electron chi connectivity index (χ4n) is 3.30. The van der Waals surface area contributed by atoms with Gasteiger partial charge >= 0.3 is 0 Å². The minimum atomic E-state index is -0.732. The second kappa shape index (κ2) is 12.2. The van der Waals surface area contributed by atoms with E-state index in [1.165, 1.54) is 27.4 Å². The molecule has 8 heteroatoms. The van der Waals surface area contributed by atoms with Crippen LogP contribution in [0.5, 0.6) is 11.5 Å². The van der Waals surface area contributed by atoms with Crippen molar-refractivity contribution < 1.29 is 33.3 Å². The number of ether oxygens (including phenoxy) is 5. The predicted molar refractivity (Wildman–Crippen MR) is 116 cm³/mol. The monoisotopic (exact) mass is 433 g/mol. The van der Waals surface area contributed by atoms with E-state index in [4.69, 9.17) is 23.7 Å². The van der Waals surface area contributed by atoms with Crippen molar-refractivity contribution in [3.05, 3.63) is 41.5 Å². The number of ketones is 1. The second-order valence-corrected chi connectivity index (χ2v) is 7.12. The zero-order chi connectivity index (χ0) is 22.8. The Morgan fingerprint density at radius 3 is 2.39 bits per heavy atom. The van der Waals surface area contributed by atoms with Crippen molar-refractivity contribution in [3.63, 3.8) is 0 Å². The minimum Gasteiger partial charge on any atom is -0.497 e. The van der Waals surface area contributed by atoms with E-state index in [1.54, 1.807) is 31.4 Å². The molecule has 170 valence electrons. The van der Waals surface area contributed by atoms with E-state index in [0.29, 0.717) is 35.5 Å². The van der Waals surface area contributed by atoms with Crippen LogP contribution in [0.4, 0.5) is 0 Å². The first-order chi connectivity index (χ1) is 14.9. The summed E-state index contributed by atoms with van der Waals surface area (Å²) in [7, 11) is 6.07. The molecule has 0 aliphatic carbocycles. The lowest BCUT2D eigenvalue weighted by atomic mass is 10.0. The summed E-state index contributed by atoms with van der Waals surface area (Å²) in [4.78, 5) is 25.6. The Labute approximate surface area is 183 Å². The van der Waals surface area contributed by atoms with Gasteiger partial charge in [-0.25, -0.2) is 0 Å². The van der Waals surface area contributed by atoms with Crippen LogP contribution in [0.1, 0.15) is 35.7 Å². The molecule has 3 atom stereocenters. The Morgan fingerprint density at radius 1 is 1.00 bits per heavy atom. The van der Waals surface area contributed by atoms with Crippen LogP contribution in [0, 0.1) is 0 Å². The molecule has 2 unspecified atom stereocenters. The van der Waals surface area contributed by atoms with Crippen molar-refractivity contribution in [1.82, 2.24) is 5.32 Å². The average Bonchev–Trinajstić information content (AvgIpc) is 2.75. The standard InChI is InChI=1S/C23H31NO7/c1-15-8-6-10-18(25)22(30-5)19(29-4)11-7-9-16-12-17(28-3)13-20(31-14-27-2)21(16)23(26)24-15/h6-7,9-10,12-13,15,19,22H,8,11,14H2,1-5H3,(H,24,26)/b9-7?,10-6-/t15?,19-,22?/m0/s1. The molecule has 0 fully saturated rings. The summed E-state index contributed by atoms with van der Waals surface area (Å²) in [6, 6.07) is 3.19. The van der Waals surface area contributed by atoms with Gasteiger partial charge in [0.25, 0.3) is 5.91 Å². The van der Waals surface area contributed by atoms with E-state index in [-0.39, 0.29) is 24.5 Å². The van der Waals surface area contributed by atoms with E-state index >= 15 is 0 Å². The molecular weight excluding hydrogens is 402 g/mol. The third-order valence-electron chi connectivity index (χ3n) is 4.89. The third-order valence-corrected chi connectivity index (χ3v) is 4.89. The molecule has 8 nitrogen and oxygen atoms in total. The molecule has 1 N–H and O–H groups in total. The fourth-order valence-corrected chi connectivity index (χ4v) is 3.30. The fraction of sp³-hybridized carbons (Fsp3) is 0.478. The highest BCUT2D eigenvalue weighted by Gasteiger charge is 2.26. The molecule has 2 rings (SSSR count).